The van der Waals surface area contributed by atoms with E-state index in [1.54, 1.807) is 0 Å². The van der Waals surface area contributed by atoms with E-state index in [-0.39, 0.29) is 0 Å². The molecule has 4 heteroatoms. The fourth-order valence-electron chi connectivity index (χ4n) is 2.19. The van der Waals surface area contributed by atoms with Gasteiger partial charge in [0.25, 0.3) is 0 Å². The van der Waals surface area contributed by atoms with Crippen molar-refractivity contribution in [1.82, 2.24) is 20.1 Å². The van der Waals surface area contributed by atoms with Crippen LogP contribution in [0.5, 0.6) is 0 Å². The Bertz CT molecular complexity index is 552. The minimum absolute atomic E-state index is 0.745. The zero-order valence-electron chi connectivity index (χ0n) is 11.6. The number of nitrogens with zero attached hydrogens (tertiary/aromatic N) is 3. The first-order valence-electron chi connectivity index (χ1n) is 6.89. The summed E-state index contributed by atoms with van der Waals surface area (Å²) in [6.45, 7) is 5.77. The van der Waals surface area contributed by atoms with E-state index in [1.807, 2.05) is 17.8 Å². The molecule has 1 saturated carbocycles. The van der Waals surface area contributed by atoms with Gasteiger partial charge >= 0.3 is 0 Å². The van der Waals surface area contributed by atoms with Gasteiger partial charge in [-0.15, -0.1) is 0 Å². The Balaban J connectivity index is 1.63. The quantitative estimate of drug-likeness (QED) is 0.891. The third kappa shape index (κ3) is 3.20. The van der Waals surface area contributed by atoms with Crippen molar-refractivity contribution in [2.24, 2.45) is 0 Å². The molecule has 0 atom stereocenters. The van der Waals surface area contributed by atoms with Crippen LogP contribution in [0.25, 0.3) is 0 Å². The lowest BCUT2D eigenvalue weighted by atomic mass is 10.2. The minimum atomic E-state index is 0.745. The molecule has 0 aliphatic heterocycles. The Morgan fingerprint density at radius 2 is 2.16 bits per heavy atom. The Hall–Kier alpha value is -1.68. The third-order valence-corrected chi connectivity index (χ3v) is 3.47. The highest BCUT2D eigenvalue weighted by Gasteiger charge is 2.19. The molecule has 1 fully saturated rings. The van der Waals surface area contributed by atoms with E-state index >= 15 is 0 Å². The average Bonchev–Trinajstić information content (AvgIpc) is 3.16. The van der Waals surface area contributed by atoms with E-state index in [9.17, 15) is 0 Å². The molecule has 1 aliphatic carbocycles. The predicted octanol–water partition coefficient (Wildman–Crippen LogP) is 2.20. The van der Waals surface area contributed by atoms with Crippen LogP contribution >= 0.6 is 0 Å². The second-order valence-corrected chi connectivity index (χ2v) is 5.40. The zero-order valence-corrected chi connectivity index (χ0v) is 11.6. The maximum atomic E-state index is 4.52. The van der Waals surface area contributed by atoms with E-state index in [2.05, 4.69) is 40.5 Å². The van der Waals surface area contributed by atoms with Gasteiger partial charge in [-0.1, -0.05) is 6.07 Å². The van der Waals surface area contributed by atoms with Crippen LogP contribution in [0.2, 0.25) is 0 Å². The van der Waals surface area contributed by atoms with Crippen LogP contribution in [-0.4, -0.2) is 20.8 Å². The molecule has 19 heavy (non-hydrogen) atoms. The number of hydrogen-bond donors (Lipinski definition) is 1. The SMILES string of the molecule is Cc1cc(C)n(Cc2ccc(CNC3CC3)cn2)n1. The van der Waals surface area contributed by atoms with Crippen molar-refractivity contribution < 1.29 is 0 Å². The second-order valence-electron chi connectivity index (χ2n) is 5.40. The highest BCUT2D eigenvalue weighted by Crippen LogP contribution is 2.19. The van der Waals surface area contributed by atoms with Gasteiger partial charge in [-0.25, -0.2) is 0 Å². The van der Waals surface area contributed by atoms with E-state index in [1.165, 1.54) is 24.1 Å². The van der Waals surface area contributed by atoms with E-state index in [0.717, 1.165) is 30.5 Å². The van der Waals surface area contributed by atoms with E-state index in [4.69, 9.17) is 0 Å². The van der Waals surface area contributed by atoms with Gasteiger partial charge < -0.3 is 5.32 Å². The van der Waals surface area contributed by atoms with Gasteiger partial charge in [0, 0.05) is 24.5 Å². The molecule has 100 valence electrons. The first kappa shape index (κ1) is 12.4. The average molecular weight is 256 g/mol. The monoisotopic (exact) mass is 256 g/mol. The van der Waals surface area contributed by atoms with Crippen molar-refractivity contribution in [3.05, 3.63) is 47.0 Å². The number of hydrogen-bond acceptors (Lipinski definition) is 3. The van der Waals surface area contributed by atoms with Gasteiger partial charge in [-0.05, 0) is 44.4 Å². The Kier molecular flexibility index (Phi) is 3.34. The van der Waals surface area contributed by atoms with Crippen LogP contribution < -0.4 is 5.32 Å². The van der Waals surface area contributed by atoms with Crippen LogP contribution in [-0.2, 0) is 13.1 Å². The number of nitrogens with one attached hydrogen (secondary N) is 1. The molecule has 2 aromatic rings. The molecule has 2 aromatic heterocycles. The maximum Gasteiger partial charge on any atom is 0.0834 e. The molecule has 0 radical (unpaired) electrons. The largest absolute Gasteiger partial charge is 0.310 e. The van der Waals surface area contributed by atoms with Gasteiger partial charge in [-0.3, -0.25) is 9.67 Å². The number of pyridine rings is 1. The molecule has 1 N–H and O–H groups in total. The summed E-state index contributed by atoms with van der Waals surface area (Å²) in [5.74, 6) is 0. The van der Waals surface area contributed by atoms with Crippen molar-refractivity contribution >= 4 is 0 Å². The van der Waals surface area contributed by atoms with Crippen LogP contribution in [0.15, 0.2) is 24.4 Å². The van der Waals surface area contributed by atoms with Crippen LogP contribution in [0.3, 0.4) is 0 Å². The molecule has 2 heterocycles. The van der Waals surface area contributed by atoms with Gasteiger partial charge in [0.1, 0.15) is 0 Å². The number of aryl methyl sites for hydroxylation is 2. The lowest BCUT2D eigenvalue weighted by Gasteiger charge is -2.06. The van der Waals surface area contributed by atoms with E-state index in [0.29, 0.717) is 0 Å². The summed E-state index contributed by atoms with van der Waals surface area (Å²) in [7, 11) is 0. The molecule has 1 aliphatic rings. The van der Waals surface area contributed by atoms with Crippen molar-refractivity contribution in [2.45, 2.75) is 45.8 Å². The number of rotatable bonds is 5. The van der Waals surface area contributed by atoms with Gasteiger partial charge in [0.05, 0.1) is 17.9 Å². The zero-order chi connectivity index (χ0) is 13.2. The van der Waals surface area contributed by atoms with Crippen molar-refractivity contribution in [1.29, 1.82) is 0 Å². The standard InChI is InChI=1S/C15H20N4/c1-11-7-12(2)19(18-11)10-15-4-3-13(9-17-15)8-16-14-5-6-14/h3-4,7,9,14,16H,5-6,8,10H2,1-2H3. The Morgan fingerprint density at radius 1 is 1.32 bits per heavy atom. The summed E-state index contributed by atoms with van der Waals surface area (Å²) in [4.78, 5) is 4.52. The van der Waals surface area contributed by atoms with Gasteiger partial charge in [-0.2, -0.15) is 5.10 Å². The second kappa shape index (κ2) is 5.13. The first-order chi connectivity index (χ1) is 9.20. The minimum Gasteiger partial charge on any atom is -0.310 e. The summed E-state index contributed by atoms with van der Waals surface area (Å²) < 4.78 is 2.00. The molecule has 4 nitrogen and oxygen atoms in total. The Morgan fingerprint density at radius 3 is 2.74 bits per heavy atom. The fourth-order valence-corrected chi connectivity index (χ4v) is 2.19. The molecular weight excluding hydrogens is 236 g/mol. The molecule has 3 rings (SSSR count). The maximum absolute atomic E-state index is 4.52. The molecule has 0 bridgehead atoms. The van der Waals surface area contributed by atoms with Crippen molar-refractivity contribution in [2.75, 3.05) is 0 Å². The molecule has 0 saturated heterocycles. The smallest absolute Gasteiger partial charge is 0.0834 e. The van der Waals surface area contributed by atoms with Crippen LogP contribution in [0.1, 0.15) is 35.5 Å². The highest BCUT2D eigenvalue weighted by molar-refractivity contribution is 5.16. The summed E-state index contributed by atoms with van der Waals surface area (Å²) in [6, 6.07) is 7.09. The summed E-state index contributed by atoms with van der Waals surface area (Å²) in [5.41, 5.74) is 4.55. The van der Waals surface area contributed by atoms with Crippen LogP contribution in [0.4, 0.5) is 0 Å². The third-order valence-electron chi connectivity index (χ3n) is 3.47. The summed E-state index contributed by atoms with van der Waals surface area (Å²) >= 11 is 0. The lowest BCUT2D eigenvalue weighted by molar-refractivity contribution is 0.644. The van der Waals surface area contributed by atoms with Crippen LogP contribution in [0, 0.1) is 13.8 Å². The summed E-state index contributed by atoms with van der Waals surface area (Å²) in [6.07, 6.45) is 4.61. The van der Waals surface area contributed by atoms with Gasteiger partial charge in [0.2, 0.25) is 0 Å². The molecule has 0 amide bonds. The Labute approximate surface area is 113 Å². The van der Waals surface area contributed by atoms with Crippen molar-refractivity contribution in [3.8, 4) is 0 Å². The molecular formula is C15H20N4. The summed E-state index contributed by atoms with van der Waals surface area (Å²) in [5, 5.41) is 7.96. The first-order valence-corrected chi connectivity index (χ1v) is 6.89. The lowest BCUT2D eigenvalue weighted by Crippen LogP contribution is -2.15. The molecule has 0 spiro atoms. The van der Waals surface area contributed by atoms with Gasteiger partial charge in [0.15, 0.2) is 0 Å². The van der Waals surface area contributed by atoms with E-state index < -0.39 is 0 Å². The molecule has 0 unspecified atom stereocenters. The number of aromatic nitrogens is 3. The normalized spacial score (nSPS) is 14.8. The highest BCUT2D eigenvalue weighted by atomic mass is 15.3. The molecule has 0 aromatic carbocycles. The van der Waals surface area contributed by atoms with Crippen molar-refractivity contribution in [3.63, 3.8) is 0 Å². The predicted molar refractivity (Wildman–Crippen MR) is 74.9 cm³/mol. The fraction of sp³-hybridized carbons (Fsp3) is 0.467. The topological polar surface area (TPSA) is 42.7 Å².